The average molecular weight is 292 g/mol. The van der Waals surface area contributed by atoms with E-state index in [9.17, 15) is 0 Å². The summed E-state index contributed by atoms with van der Waals surface area (Å²) in [6.45, 7) is 11.5. The minimum absolute atomic E-state index is 0.744. The molecule has 0 spiro atoms. The van der Waals surface area contributed by atoms with Crippen LogP contribution >= 0.6 is 11.3 Å². The van der Waals surface area contributed by atoms with Gasteiger partial charge in [-0.05, 0) is 30.4 Å². The van der Waals surface area contributed by atoms with Crippen molar-refractivity contribution in [1.29, 1.82) is 0 Å². The number of aliphatic imine (C=N–C) groups is 1. The molecule has 1 aromatic rings. The van der Waals surface area contributed by atoms with Crippen LogP contribution in [0.3, 0.4) is 0 Å². The van der Waals surface area contributed by atoms with Crippen molar-refractivity contribution in [3.05, 3.63) is 34.5 Å². The molecule has 0 unspecified atom stereocenters. The summed E-state index contributed by atoms with van der Waals surface area (Å²) in [6, 6.07) is 2.26. The molecule has 20 heavy (non-hydrogen) atoms. The zero-order chi connectivity index (χ0) is 14.2. The Morgan fingerprint density at radius 1 is 1.55 bits per heavy atom. The van der Waals surface area contributed by atoms with Crippen LogP contribution in [0.15, 0.2) is 29.1 Å². The van der Waals surface area contributed by atoms with Crippen LogP contribution in [0.4, 0.5) is 0 Å². The second-order valence-electron chi connectivity index (χ2n) is 4.83. The third-order valence-electron chi connectivity index (χ3n) is 3.33. The van der Waals surface area contributed by atoms with Crippen molar-refractivity contribution in [1.82, 2.24) is 15.5 Å². The first-order valence-electron chi connectivity index (χ1n) is 7.24. The molecular formula is C15H24N4S. The van der Waals surface area contributed by atoms with Crippen LogP contribution in [0, 0.1) is 0 Å². The van der Waals surface area contributed by atoms with Gasteiger partial charge in [-0.25, -0.2) is 0 Å². The lowest BCUT2D eigenvalue weighted by molar-refractivity contribution is 0.263. The van der Waals surface area contributed by atoms with Crippen LogP contribution in [0.5, 0.6) is 0 Å². The smallest absolute Gasteiger partial charge is 0.191 e. The Balaban J connectivity index is 1.78. The molecule has 110 valence electrons. The van der Waals surface area contributed by atoms with E-state index < -0.39 is 0 Å². The van der Waals surface area contributed by atoms with Gasteiger partial charge in [-0.1, -0.05) is 6.08 Å². The number of thiophene rings is 1. The predicted molar refractivity (Wildman–Crippen MR) is 87.5 cm³/mol. The summed E-state index contributed by atoms with van der Waals surface area (Å²) in [5.74, 6) is 0.876. The molecule has 0 bridgehead atoms. The van der Waals surface area contributed by atoms with Crippen molar-refractivity contribution >= 4 is 17.3 Å². The lowest BCUT2D eigenvalue weighted by Crippen LogP contribution is -2.38. The summed E-state index contributed by atoms with van der Waals surface area (Å²) >= 11 is 1.89. The number of fused-ring (bicyclic) bond motifs is 1. The quantitative estimate of drug-likeness (QED) is 0.477. The van der Waals surface area contributed by atoms with Gasteiger partial charge in [0.1, 0.15) is 0 Å². The van der Waals surface area contributed by atoms with Crippen LogP contribution in [-0.4, -0.2) is 43.6 Å². The van der Waals surface area contributed by atoms with E-state index >= 15 is 0 Å². The van der Waals surface area contributed by atoms with Gasteiger partial charge in [0.05, 0.1) is 6.54 Å². The van der Waals surface area contributed by atoms with Gasteiger partial charge in [0.15, 0.2) is 5.96 Å². The van der Waals surface area contributed by atoms with Crippen molar-refractivity contribution < 1.29 is 0 Å². The van der Waals surface area contributed by atoms with Crippen LogP contribution in [0.2, 0.25) is 0 Å². The minimum Gasteiger partial charge on any atom is -0.357 e. The lowest BCUT2D eigenvalue weighted by atomic mass is 10.1. The molecule has 1 aromatic heterocycles. The number of guanidine groups is 1. The predicted octanol–water partition coefficient (Wildman–Crippen LogP) is 1.85. The van der Waals surface area contributed by atoms with Gasteiger partial charge in [-0.3, -0.25) is 9.89 Å². The first-order chi connectivity index (χ1) is 9.83. The van der Waals surface area contributed by atoms with Crippen molar-refractivity contribution in [3.63, 3.8) is 0 Å². The molecule has 2 rings (SSSR count). The highest BCUT2D eigenvalue weighted by molar-refractivity contribution is 7.10. The first kappa shape index (κ1) is 15.1. The molecule has 2 heterocycles. The van der Waals surface area contributed by atoms with E-state index in [-0.39, 0.29) is 0 Å². The van der Waals surface area contributed by atoms with E-state index in [1.807, 2.05) is 17.4 Å². The molecule has 4 nitrogen and oxygen atoms in total. The van der Waals surface area contributed by atoms with Gasteiger partial charge < -0.3 is 10.6 Å². The zero-order valence-corrected chi connectivity index (χ0v) is 13.0. The number of nitrogens with zero attached hydrogens (tertiary/aromatic N) is 2. The second kappa shape index (κ2) is 8.07. The van der Waals surface area contributed by atoms with E-state index in [0.717, 1.165) is 45.2 Å². The van der Waals surface area contributed by atoms with Crippen molar-refractivity contribution in [2.24, 2.45) is 4.99 Å². The third kappa shape index (κ3) is 4.35. The maximum absolute atomic E-state index is 4.60. The molecule has 0 fully saturated rings. The number of rotatable bonds is 6. The van der Waals surface area contributed by atoms with Crippen molar-refractivity contribution in [2.75, 3.05) is 32.7 Å². The largest absolute Gasteiger partial charge is 0.357 e. The summed E-state index contributed by atoms with van der Waals surface area (Å²) in [5.41, 5.74) is 1.50. The van der Waals surface area contributed by atoms with Gasteiger partial charge in [-0.2, -0.15) is 0 Å². The summed E-state index contributed by atoms with van der Waals surface area (Å²) in [5, 5.41) is 8.67. The Kier molecular flexibility index (Phi) is 6.08. The Labute approximate surface area is 125 Å². The molecule has 0 saturated heterocycles. The fraction of sp³-hybridized carbons (Fsp3) is 0.533. The third-order valence-corrected chi connectivity index (χ3v) is 4.35. The van der Waals surface area contributed by atoms with Gasteiger partial charge >= 0.3 is 0 Å². The molecule has 0 aromatic carbocycles. The molecule has 0 radical (unpaired) electrons. The summed E-state index contributed by atoms with van der Waals surface area (Å²) < 4.78 is 0. The highest BCUT2D eigenvalue weighted by atomic mass is 32.1. The molecule has 1 aliphatic rings. The van der Waals surface area contributed by atoms with E-state index in [1.165, 1.54) is 12.0 Å². The molecular weight excluding hydrogens is 268 g/mol. The minimum atomic E-state index is 0.744. The van der Waals surface area contributed by atoms with E-state index in [1.54, 1.807) is 4.88 Å². The Hall–Kier alpha value is -1.33. The number of nitrogens with one attached hydrogen (secondary N) is 2. The summed E-state index contributed by atoms with van der Waals surface area (Å²) in [7, 11) is 0. The first-order valence-corrected chi connectivity index (χ1v) is 8.12. The average Bonchev–Trinajstić information content (AvgIpc) is 2.92. The van der Waals surface area contributed by atoms with E-state index in [4.69, 9.17) is 0 Å². The summed E-state index contributed by atoms with van der Waals surface area (Å²) in [4.78, 5) is 8.64. The fourth-order valence-corrected chi connectivity index (χ4v) is 3.20. The Morgan fingerprint density at radius 2 is 2.45 bits per heavy atom. The monoisotopic (exact) mass is 292 g/mol. The molecule has 2 N–H and O–H groups in total. The van der Waals surface area contributed by atoms with Gasteiger partial charge in [0.25, 0.3) is 0 Å². The second-order valence-corrected chi connectivity index (χ2v) is 5.83. The molecule has 0 aliphatic carbocycles. The zero-order valence-electron chi connectivity index (χ0n) is 12.2. The van der Waals surface area contributed by atoms with E-state index in [2.05, 4.69) is 45.5 Å². The molecule has 0 saturated carbocycles. The topological polar surface area (TPSA) is 39.7 Å². The highest BCUT2D eigenvalue weighted by Crippen LogP contribution is 2.23. The van der Waals surface area contributed by atoms with Crippen LogP contribution in [0.25, 0.3) is 0 Å². The van der Waals surface area contributed by atoms with Gasteiger partial charge in [0.2, 0.25) is 0 Å². The lowest BCUT2D eigenvalue weighted by Gasteiger charge is -2.26. The fourth-order valence-electron chi connectivity index (χ4n) is 2.31. The van der Waals surface area contributed by atoms with Crippen molar-refractivity contribution in [2.45, 2.75) is 19.9 Å². The normalized spacial score (nSPS) is 15.8. The van der Waals surface area contributed by atoms with E-state index in [0.29, 0.717) is 0 Å². The maximum Gasteiger partial charge on any atom is 0.191 e. The number of hydrogen-bond acceptors (Lipinski definition) is 3. The van der Waals surface area contributed by atoms with Gasteiger partial charge in [-0.15, -0.1) is 17.9 Å². The Bertz CT molecular complexity index is 452. The standard InChI is InChI=1S/C15H24N4S/c1-3-7-17-15(16-4-2)18-8-10-19-9-5-14-13(12-19)6-11-20-14/h3,6,11H,1,4-5,7-10,12H2,2H3,(H2,16,17,18). The molecule has 5 heteroatoms. The molecule has 1 aliphatic heterocycles. The highest BCUT2D eigenvalue weighted by Gasteiger charge is 2.16. The van der Waals surface area contributed by atoms with Crippen LogP contribution in [0.1, 0.15) is 17.4 Å². The molecule has 0 atom stereocenters. The maximum atomic E-state index is 4.60. The van der Waals surface area contributed by atoms with Crippen LogP contribution in [-0.2, 0) is 13.0 Å². The Morgan fingerprint density at radius 3 is 3.25 bits per heavy atom. The van der Waals surface area contributed by atoms with Crippen LogP contribution < -0.4 is 10.6 Å². The SMILES string of the molecule is C=CCNC(=NCCN1CCc2sccc2C1)NCC. The summed E-state index contributed by atoms with van der Waals surface area (Å²) in [6.07, 6.45) is 3.03. The van der Waals surface area contributed by atoms with Gasteiger partial charge in [0, 0.05) is 37.6 Å². The van der Waals surface area contributed by atoms with Crippen molar-refractivity contribution in [3.8, 4) is 0 Å². The molecule has 0 amide bonds. The number of hydrogen-bond donors (Lipinski definition) is 2.